The maximum absolute atomic E-state index is 11.3. The van der Waals surface area contributed by atoms with Crippen LogP contribution in [0.1, 0.15) is 25.0 Å². The van der Waals surface area contributed by atoms with Crippen molar-refractivity contribution in [3.05, 3.63) is 23.3 Å². The molecular formula is C15H20O5. The van der Waals surface area contributed by atoms with Gasteiger partial charge in [-0.05, 0) is 38.5 Å². The third-order valence-corrected chi connectivity index (χ3v) is 3.56. The van der Waals surface area contributed by atoms with E-state index in [9.17, 15) is 4.79 Å². The Bertz CT molecular complexity index is 521. The van der Waals surface area contributed by atoms with Crippen LogP contribution in [0.4, 0.5) is 4.79 Å². The van der Waals surface area contributed by atoms with Crippen LogP contribution in [0.2, 0.25) is 0 Å². The molecule has 1 unspecified atom stereocenters. The molecule has 1 aliphatic rings. The van der Waals surface area contributed by atoms with Gasteiger partial charge in [0.2, 0.25) is 0 Å². The first kappa shape index (κ1) is 14.5. The second-order valence-corrected chi connectivity index (χ2v) is 5.40. The maximum atomic E-state index is 11.3. The minimum absolute atomic E-state index is 0.351. The molecule has 1 atom stereocenters. The van der Waals surface area contributed by atoms with E-state index < -0.39 is 11.8 Å². The number of rotatable bonds is 4. The molecule has 0 radical (unpaired) electrons. The zero-order valence-corrected chi connectivity index (χ0v) is 12.5. The molecule has 0 saturated carbocycles. The molecular weight excluding hydrogens is 260 g/mol. The van der Waals surface area contributed by atoms with Crippen molar-refractivity contribution < 1.29 is 23.7 Å². The summed E-state index contributed by atoms with van der Waals surface area (Å²) in [6, 6.07) is 3.83. The van der Waals surface area contributed by atoms with Gasteiger partial charge in [0.1, 0.15) is 23.2 Å². The van der Waals surface area contributed by atoms with Crippen LogP contribution in [0.5, 0.6) is 11.5 Å². The molecule has 5 heteroatoms. The van der Waals surface area contributed by atoms with E-state index in [1.165, 1.54) is 0 Å². The Kier molecular flexibility index (Phi) is 3.79. The number of cyclic esters (lactones) is 2. The lowest BCUT2D eigenvalue weighted by molar-refractivity contribution is 0.0642. The van der Waals surface area contributed by atoms with Crippen LogP contribution in [0.25, 0.3) is 0 Å². The molecule has 1 fully saturated rings. The smallest absolute Gasteiger partial charge is 0.496 e. The number of hydrogen-bond acceptors (Lipinski definition) is 5. The molecule has 1 heterocycles. The van der Waals surface area contributed by atoms with E-state index in [-0.39, 0.29) is 6.10 Å². The molecule has 1 aromatic rings. The predicted octanol–water partition coefficient (Wildman–Crippen LogP) is 2.87. The normalized spacial score (nSPS) is 20.2. The van der Waals surface area contributed by atoms with Crippen LogP contribution in [-0.2, 0) is 15.9 Å². The second kappa shape index (κ2) is 5.23. The maximum Gasteiger partial charge on any atom is 0.509 e. The van der Waals surface area contributed by atoms with E-state index in [4.69, 9.17) is 18.9 Å². The molecule has 0 N–H and O–H groups in total. The zero-order valence-electron chi connectivity index (χ0n) is 12.5. The van der Waals surface area contributed by atoms with E-state index in [1.54, 1.807) is 14.2 Å². The molecule has 1 saturated heterocycles. The molecule has 0 amide bonds. The average Bonchev–Trinajstić information content (AvgIpc) is 2.63. The first-order valence-corrected chi connectivity index (χ1v) is 6.48. The summed E-state index contributed by atoms with van der Waals surface area (Å²) >= 11 is 0. The molecule has 5 nitrogen and oxygen atoms in total. The van der Waals surface area contributed by atoms with Gasteiger partial charge in [0.15, 0.2) is 0 Å². The summed E-state index contributed by atoms with van der Waals surface area (Å²) in [7, 11) is 3.24. The summed E-state index contributed by atoms with van der Waals surface area (Å²) in [5, 5.41) is 0. The van der Waals surface area contributed by atoms with Crippen LogP contribution < -0.4 is 9.47 Å². The Hall–Kier alpha value is -1.91. The van der Waals surface area contributed by atoms with Gasteiger partial charge in [0.25, 0.3) is 0 Å². The third-order valence-electron chi connectivity index (χ3n) is 3.56. The number of carbonyl (C=O) groups excluding carboxylic acids is 1. The van der Waals surface area contributed by atoms with Gasteiger partial charge in [-0.3, -0.25) is 0 Å². The fraction of sp³-hybridized carbons (Fsp3) is 0.533. The Morgan fingerprint density at radius 3 is 2.35 bits per heavy atom. The van der Waals surface area contributed by atoms with Crippen LogP contribution in [0, 0.1) is 6.92 Å². The summed E-state index contributed by atoms with van der Waals surface area (Å²) in [5.74, 6) is 1.53. The van der Waals surface area contributed by atoms with Crippen molar-refractivity contribution in [1.29, 1.82) is 0 Å². The molecule has 0 aliphatic carbocycles. The fourth-order valence-corrected chi connectivity index (χ4v) is 2.32. The number of carbonyl (C=O) groups is 1. The molecule has 2 rings (SSSR count). The highest BCUT2D eigenvalue weighted by Gasteiger charge is 2.44. The number of benzene rings is 1. The van der Waals surface area contributed by atoms with Gasteiger partial charge in [0, 0.05) is 12.0 Å². The molecule has 0 spiro atoms. The van der Waals surface area contributed by atoms with Gasteiger partial charge in [0.05, 0.1) is 14.2 Å². The topological polar surface area (TPSA) is 54.0 Å². The highest BCUT2D eigenvalue weighted by Crippen LogP contribution is 2.34. The SMILES string of the molecule is COc1cc(CC2OC(=O)OC2(C)C)c(OC)cc1C. The van der Waals surface area contributed by atoms with Gasteiger partial charge in [-0.2, -0.15) is 0 Å². The van der Waals surface area contributed by atoms with Gasteiger partial charge in [-0.25, -0.2) is 4.79 Å². The Labute approximate surface area is 118 Å². The van der Waals surface area contributed by atoms with Crippen LogP contribution >= 0.6 is 0 Å². The van der Waals surface area contributed by atoms with E-state index in [2.05, 4.69) is 0 Å². The van der Waals surface area contributed by atoms with Crippen LogP contribution in [0.15, 0.2) is 12.1 Å². The average molecular weight is 280 g/mol. The molecule has 20 heavy (non-hydrogen) atoms. The monoisotopic (exact) mass is 280 g/mol. The summed E-state index contributed by atoms with van der Waals surface area (Å²) in [6.07, 6.45) is -0.465. The zero-order chi connectivity index (χ0) is 14.9. The van der Waals surface area contributed by atoms with Crippen molar-refractivity contribution in [2.75, 3.05) is 14.2 Å². The minimum atomic E-state index is -0.653. The van der Waals surface area contributed by atoms with Crippen LogP contribution in [0.3, 0.4) is 0 Å². The lowest BCUT2D eigenvalue weighted by Crippen LogP contribution is -2.34. The Morgan fingerprint density at radius 1 is 1.20 bits per heavy atom. The van der Waals surface area contributed by atoms with Gasteiger partial charge in [-0.15, -0.1) is 0 Å². The lowest BCUT2D eigenvalue weighted by Gasteiger charge is -2.23. The predicted molar refractivity (Wildman–Crippen MR) is 73.4 cm³/mol. The molecule has 0 bridgehead atoms. The Morgan fingerprint density at radius 2 is 1.85 bits per heavy atom. The van der Waals surface area contributed by atoms with Crippen molar-refractivity contribution in [2.24, 2.45) is 0 Å². The fourth-order valence-electron chi connectivity index (χ4n) is 2.32. The highest BCUT2D eigenvalue weighted by molar-refractivity contribution is 5.63. The molecule has 110 valence electrons. The first-order chi connectivity index (χ1) is 9.37. The quantitative estimate of drug-likeness (QED) is 0.794. The molecule has 0 aromatic heterocycles. The number of methoxy groups -OCH3 is 2. The summed E-state index contributed by atoms with van der Waals surface area (Å²) in [4.78, 5) is 11.3. The second-order valence-electron chi connectivity index (χ2n) is 5.40. The Balaban J connectivity index is 2.31. The van der Waals surface area contributed by atoms with E-state index in [1.807, 2.05) is 32.9 Å². The van der Waals surface area contributed by atoms with Gasteiger partial charge in [-0.1, -0.05) is 0 Å². The van der Waals surface area contributed by atoms with E-state index in [0.29, 0.717) is 6.42 Å². The van der Waals surface area contributed by atoms with Crippen molar-refractivity contribution in [1.82, 2.24) is 0 Å². The molecule has 1 aromatic carbocycles. The van der Waals surface area contributed by atoms with E-state index >= 15 is 0 Å². The summed E-state index contributed by atoms with van der Waals surface area (Å²) in [5.41, 5.74) is 1.26. The number of ether oxygens (including phenoxy) is 4. The largest absolute Gasteiger partial charge is 0.509 e. The van der Waals surface area contributed by atoms with Gasteiger partial charge >= 0.3 is 6.16 Å². The van der Waals surface area contributed by atoms with Gasteiger partial charge < -0.3 is 18.9 Å². The minimum Gasteiger partial charge on any atom is -0.496 e. The summed E-state index contributed by atoms with van der Waals surface area (Å²) < 4.78 is 21.1. The highest BCUT2D eigenvalue weighted by atomic mass is 16.8. The molecule has 1 aliphatic heterocycles. The number of aryl methyl sites for hydroxylation is 1. The lowest BCUT2D eigenvalue weighted by atomic mass is 9.94. The summed E-state index contributed by atoms with van der Waals surface area (Å²) in [6.45, 7) is 5.62. The van der Waals surface area contributed by atoms with Crippen molar-refractivity contribution >= 4 is 6.16 Å². The van der Waals surface area contributed by atoms with E-state index in [0.717, 1.165) is 22.6 Å². The van der Waals surface area contributed by atoms with Crippen molar-refractivity contribution in [3.8, 4) is 11.5 Å². The first-order valence-electron chi connectivity index (χ1n) is 6.48. The van der Waals surface area contributed by atoms with Crippen LogP contribution in [-0.4, -0.2) is 32.1 Å². The van der Waals surface area contributed by atoms with Crippen molar-refractivity contribution in [2.45, 2.75) is 38.9 Å². The standard InChI is InChI=1S/C15H20O5/c1-9-6-12(18-5)10(7-11(9)17-4)8-13-15(2,3)20-14(16)19-13/h6-7,13H,8H2,1-5H3. The third kappa shape index (κ3) is 2.66. The number of hydrogen-bond donors (Lipinski definition) is 0. The van der Waals surface area contributed by atoms with Crippen molar-refractivity contribution in [3.63, 3.8) is 0 Å².